The van der Waals surface area contributed by atoms with E-state index in [-0.39, 0.29) is 5.60 Å². The molecule has 0 amide bonds. The second kappa shape index (κ2) is 4.02. The molecule has 4 heteroatoms. The summed E-state index contributed by atoms with van der Waals surface area (Å²) in [7, 11) is 1.64. The topological polar surface area (TPSA) is 31.0 Å². The van der Waals surface area contributed by atoms with Crippen LogP contribution >= 0.6 is 15.9 Å². The third kappa shape index (κ3) is 2.63. The third-order valence-electron chi connectivity index (χ3n) is 2.31. The third-order valence-corrected chi connectivity index (χ3v) is 2.93. The van der Waals surface area contributed by atoms with Crippen LogP contribution in [-0.2, 0) is 4.74 Å². The first kappa shape index (κ1) is 10.8. The molecule has 0 spiro atoms. The normalized spacial score (nSPS) is 23.7. The van der Waals surface area contributed by atoms with E-state index in [1.165, 1.54) is 0 Å². The second-order valence-electron chi connectivity index (χ2n) is 3.82. The molecule has 1 aromatic rings. The number of epoxide rings is 1. The molecule has 3 nitrogen and oxygen atoms in total. The molecule has 0 radical (unpaired) electrons. The highest BCUT2D eigenvalue weighted by Gasteiger charge is 2.40. The van der Waals surface area contributed by atoms with Gasteiger partial charge in [-0.05, 0) is 41.1 Å². The van der Waals surface area contributed by atoms with Crippen molar-refractivity contribution < 1.29 is 14.2 Å². The predicted octanol–water partition coefficient (Wildman–Crippen LogP) is 2.63. The fourth-order valence-corrected chi connectivity index (χ4v) is 1.63. The minimum Gasteiger partial charge on any atom is -0.497 e. The van der Waals surface area contributed by atoms with Crippen LogP contribution in [0.3, 0.4) is 0 Å². The van der Waals surface area contributed by atoms with Crippen LogP contribution in [0, 0.1) is 0 Å². The Morgan fingerprint density at radius 1 is 1.53 bits per heavy atom. The van der Waals surface area contributed by atoms with Gasteiger partial charge < -0.3 is 14.2 Å². The summed E-state index contributed by atoms with van der Waals surface area (Å²) >= 11 is 3.43. The molecule has 1 unspecified atom stereocenters. The van der Waals surface area contributed by atoms with Gasteiger partial charge in [-0.3, -0.25) is 0 Å². The Bertz CT molecular complexity index is 361. The van der Waals surface area contributed by atoms with Crippen molar-refractivity contribution in [1.82, 2.24) is 0 Å². The highest BCUT2D eigenvalue weighted by atomic mass is 79.9. The predicted molar refractivity (Wildman–Crippen MR) is 60.5 cm³/mol. The lowest BCUT2D eigenvalue weighted by atomic mass is 10.2. The Morgan fingerprint density at radius 2 is 2.27 bits per heavy atom. The molecule has 1 aliphatic heterocycles. The van der Waals surface area contributed by atoms with Gasteiger partial charge in [0.1, 0.15) is 23.7 Å². The number of hydrogen-bond acceptors (Lipinski definition) is 3. The minimum atomic E-state index is -0.0840. The van der Waals surface area contributed by atoms with Crippen molar-refractivity contribution in [3.8, 4) is 11.5 Å². The molecule has 0 aromatic heterocycles. The van der Waals surface area contributed by atoms with Crippen LogP contribution in [0.1, 0.15) is 6.92 Å². The van der Waals surface area contributed by atoms with E-state index in [1.807, 2.05) is 25.1 Å². The minimum absolute atomic E-state index is 0.0840. The first-order valence-electron chi connectivity index (χ1n) is 4.73. The van der Waals surface area contributed by atoms with Gasteiger partial charge in [0, 0.05) is 0 Å². The van der Waals surface area contributed by atoms with Gasteiger partial charge >= 0.3 is 0 Å². The van der Waals surface area contributed by atoms with E-state index >= 15 is 0 Å². The SMILES string of the molecule is COc1ccc(OCC2(C)CO2)c(Br)c1. The highest BCUT2D eigenvalue weighted by molar-refractivity contribution is 9.10. The van der Waals surface area contributed by atoms with Gasteiger partial charge in [-0.15, -0.1) is 0 Å². The average Bonchev–Trinajstić information content (AvgIpc) is 2.95. The standard InChI is InChI=1S/C11H13BrO3/c1-11(7-15-11)6-14-10-4-3-8(13-2)5-9(10)12/h3-5H,6-7H2,1-2H3. The molecule has 1 saturated heterocycles. The summed E-state index contributed by atoms with van der Waals surface area (Å²) in [6.07, 6.45) is 0. The quantitative estimate of drug-likeness (QED) is 0.790. The van der Waals surface area contributed by atoms with Crippen LogP contribution in [0.25, 0.3) is 0 Å². The molecule has 1 aliphatic rings. The average molecular weight is 273 g/mol. The lowest BCUT2D eigenvalue weighted by Gasteiger charge is -2.11. The maximum Gasteiger partial charge on any atom is 0.133 e. The molecule has 2 rings (SSSR count). The van der Waals surface area contributed by atoms with Crippen LogP contribution in [0.2, 0.25) is 0 Å². The van der Waals surface area contributed by atoms with E-state index in [0.717, 1.165) is 22.6 Å². The fourth-order valence-electron chi connectivity index (χ4n) is 1.16. The molecule has 1 heterocycles. The summed E-state index contributed by atoms with van der Waals surface area (Å²) in [6, 6.07) is 5.64. The molecule has 1 atom stereocenters. The first-order chi connectivity index (χ1) is 7.13. The summed E-state index contributed by atoms with van der Waals surface area (Å²) in [6.45, 7) is 3.39. The van der Waals surface area contributed by atoms with Crippen LogP contribution in [0.15, 0.2) is 22.7 Å². The van der Waals surface area contributed by atoms with Gasteiger partial charge in [-0.2, -0.15) is 0 Å². The molecule has 1 fully saturated rings. The van der Waals surface area contributed by atoms with Crippen LogP contribution in [0.4, 0.5) is 0 Å². The number of benzene rings is 1. The van der Waals surface area contributed by atoms with Gasteiger partial charge in [0.05, 0.1) is 18.2 Å². The molecule has 15 heavy (non-hydrogen) atoms. The Morgan fingerprint density at radius 3 is 2.80 bits per heavy atom. The van der Waals surface area contributed by atoms with Crippen molar-refractivity contribution in [1.29, 1.82) is 0 Å². The Hall–Kier alpha value is -0.740. The monoisotopic (exact) mass is 272 g/mol. The fraction of sp³-hybridized carbons (Fsp3) is 0.455. The van der Waals surface area contributed by atoms with Gasteiger partial charge in [-0.1, -0.05) is 0 Å². The summed E-state index contributed by atoms with van der Waals surface area (Å²) in [5.74, 6) is 1.62. The Balaban J connectivity index is 2.01. The van der Waals surface area contributed by atoms with Crippen LogP contribution in [-0.4, -0.2) is 25.9 Å². The number of hydrogen-bond donors (Lipinski definition) is 0. The number of ether oxygens (including phenoxy) is 3. The molecule has 0 bridgehead atoms. The van der Waals surface area contributed by atoms with Crippen molar-refractivity contribution in [3.63, 3.8) is 0 Å². The molecule has 0 N–H and O–H groups in total. The lowest BCUT2D eigenvalue weighted by molar-refractivity contribution is 0.201. The molecular formula is C11H13BrO3. The molecule has 82 valence electrons. The molecule has 0 aliphatic carbocycles. The van der Waals surface area contributed by atoms with Crippen LogP contribution < -0.4 is 9.47 Å². The zero-order valence-corrected chi connectivity index (χ0v) is 10.3. The van der Waals surface area contributed by atoms with Gasteiger partial charge in [0.15, 0.2) is 0 Å². The van der Waals surface area contributed by atoms with Gasteiger partial charge in [0.25, 0.3) is 0 Å². The van der Waals surface area contributed by atoms with E-state index in [4.69, 9.17) is 14.2 Å². The van der Waals surface area contributed by atoms with Crippen molar-refractivity contribution in [2.24, 2.45) is 0 Å². The van der Waals surface area contributed by atoms with Crippen molar-refractivity contribution >= 4 is 15.9 Å². The summed E-state index contributed by atoms with van der Waals surface area (Å²) < 4.78 is 16.9. The van der Waals surface area contributed by atoms with E-state index in [9.17, 15) is 0 Å². The van der Waals surface area contributed by atoms with E-state index < -0.39 is 0 Å². The van der Waals surface area contributed by atoms with Crippen LogP contribution in [0.5, 0.6) is 11.5 Å². The number of rotatable bonds is 4. The molecule has 1 aromatic carbocycles. The summed E-state index contributed by atoms with van der Waals surface area (Å²) in [4.78, 5) is 0. The Kier molecular flexibility index (Phi) is 2.89. The van der Waals surface area contributed by atoms with Crippen molar-refractivity contribution in [2.45, 2.75) is 12.5 Å². The zero-order chi connectivity index (χ0) is 10.9. The van der Waals surface area contributed by atoms with E-state index in [1.54, 1.807) is 7.11 Å². The second-order valence-corrected chi connectivity index (χ2v) is 4.68. The molecule has 0 saturated carbocycles. The lowest BCUT2D eigenvalue weighted by Crippen LogP contribution is -2.17. The van der Waals surface area contributed by atoms with E-state index in [0.29, 0.717) is 6.61 Å². The number of halogens is 1. The van der Waals surface area contributed by atoms with Gasteiger partial charge in [-0.25, -0.2) is 0 Å². The maximum atomic E-state index is 5.64. The summed E-state index contributed by atoms with van der Waals surface area (Å²) in [5, 5.41) is 0. The highest BCUT2D eigenvalue weighted by Crippen LogP contribution is 2.32. The molecular weight excluding hydrogens is 260 g/mol. The summed E-state index contributed by atoms with van der Waals surface area (Å²) in [5.41, 5.74) is -0.0840. The Labute approximate surface area is 97.5 Å². The van der Waals surface area contributed by atoms with Crippen molar-refractivity contribution in [2.75, 3.05) is 20.3 Å². The first-order valence-corrected chi connectivity index (χ1v) is 5.53. The van der Waals surface area contributed by atoms with E-state index in [2.05, 4.69) is 15.9 Å². The van der Waals surface area contributed by atoms with Gasteiger partial charge in [0.2, 0.25) is 0 Å². The smallest absolute Gasteiger partial charge is 0.133 e. The zero-order valence-electron chi connectivity index (χ0n) is 8.75. The largest absolute Gasteiger partial charge is 0.497 e. The number of methoxy groups -OCH3 is 1. The maximum absolute atomic E-state index is 5.64. The van der Waals surface area contributed by atoms with Crippen molar-refractivity contribution in [3.05, 3.63) is 22.7 Å².